The average molecular weight is 377 g/mol. The SMILES string of the molecule is N=C(C/C=C\S)Cn1cc(C(F)(F)F)nc1CC1=CN=C(Cl)CC1. The van der Waals surface area contributed by atoms with E-state index >= 15 is 0 Å². The normalized spacial score (nSPS) is 15.5. The van der Waals surface area contributed by atoms with Gasteiger partial charge >= 0.3 is 6.18 Å². The summed E-state index contributed by atoms with van der Waals surface area (Å²) >= 11 is 9.70. The van der Waals surface area contributed by atoms with Crippen molar-refractivity contribution in [3.05, 3.63) is 41.0 Å². The van der Waals surface area contributed by atoms with Crippen molar-refractivity contribution in [2.75, 3.05) is 0 Å². The molecule has 0 atom stereocenters. The molecule has 1 aromatic heterocycles. The van der Waals surface area contributed by atoms with Crippen LogP contribution in [0.5, 0.6) is 0 Å². The van der Waals surface area contributed by atoms with Gasteiger partial charge in [-0.1, -0.05) is 17.7 Å². The second-order valence-electron chi connectivity index (χ2n) is 5.33. The Bertz CT molecular complexity index is 704. The summed E-state index contributed by atoms with van der Waals surface area (Å²) in [6.45, 7) is 0.0494. The molecule has 0 radical (unpaired) electrons. The predicted octanol–water partition coefficient (Wildman–Crippen LogP) is 4.61. The lowest BCUT2D eigenvalue weighted by atomic mass is 10.1. The number of hydrogen-bond acceptors (Lipinski definition) is 4. The Morgan fingerprint density at radius 2 is 2.17 bits per heavy atom. The van der Waals surface area contributed by atoms with Gasteiger partial charge in [0, 0.05) is 37.4 Å². The first-order chi connectivity index (χ1) is 11.3. The zero-order valence-electron chi connectivity index (χ0n) is 12.6. The lowest BCUT2D eigenvalue weighted by molar-refractivity contribution is -0.141. The Kier molecular flexibility index (Phi) is 6.28. The highest BCUT2D eigenvalue weighted by atomic mass is 35.5. The zero-order valence-corrected chi connectivity index (χ0v) is 14.3. The van der Waals surface area contributed by atoms with Crippen LogP contribution < -0.4 is 0 Å². The van der Waals surface area contributed by atoms with Crippen LogP contribution in [0.15, 0.2) is 34.4 Å². The number of aliphatic imine (C=N–C) groups is 1. The molecule has 24 heavy (non-hydrogen) atoms. The number of rotatable bonds is 6. The topological polar surface area (TPSA) is 54.0 Å². The van der Waals surface area contributed by atoms with E-state index in [0.717, 1.165) is 11.8 Å². The second-order valence-corrected chi connectivity index (χ2v) is 6.06. The van der Waals surface area contributed by atoms with Crippen LogP contribution in [0, 0.1) is 5.41 Å². The van der Waals surface area contributed by atoms with Crippen molar-refractivity contribution in [3.63, 3.8) is 0 Å². The highest BCUT2D eigenvalue weighted by Crippen LogP contribution is 2.29. The Hall–Kier alpha value is -1.54. The fourth-order valence-corrected chi connectivity index (χ4v) is 2.47. The summed E-state index contributed by atoms with van der Waals surface area (Å²) in [4.78, 5) is 7.71. The first kappa shape index (κ1) is 18.8. The maximum Gasteiger partial charge on any atom is 0.434 e. The van der Waals surface area contributed by atoms with Crippen molar-refractivity contribution in [1.82, 2.24) is 9.55 Å². The summed E-state index contributed by atoms with van der Waals surface area (Å²) in [5.74, 6) is 0.265. The summed E-state index contributed by atoms with van der Waals surface area (Å²) in [7, 11) is 0. The second kappa shape index (κ2) is 8.02. The van der Waals surface area contributed by atoms with Crippen LogP contribution in [0.1, 0.15) is 30.8 Å². The number of hydrogen-bond donors (Lipinski definition) is 2. The van der Waals surface area contributed by atoms with Crippen molar-refractivity contribution in [2.45, 2.75) is 38.4 Å². The van der Waals surface area contributed by atoms with E-state index in [1.165, 1.54) is 9.98 Å². The monoisotopic (exact) mass is 376 g/mol. The molecule has 0 unspecified atom stereocenters. The third-order valence-electron chi connectivity index (χ3n) is 3.41. The number of halogens is 4. The molecule has 1 aliphatic rings. The summed E-state index contributed by atoms with van der Waals surface area (Å²) in [5, 5.41) is 9.85. The molecule has 2 rings (SSSR count). The molecule has 4 nitrogen and oxygen atoms in total. The van der Waals surface area contributed by atoms with Gasteiger partial charge < -0.3 is 9.98 Å². The maximum atomic E-state index is 12.9. The number of allylic oxidation sites excluding steroid dienone is 2. The molecule has 1 N–H and O–H groups in total. The summed E-state index contributed by atoms with van der Waals surface area (Å²) in [6.07, 6.45) is 1.45. The summed E-state index contributed by atoms with van der Waals surface area (Å²) in [6, 6.07) is 0. The minimum absolute atomic E-state index is 0.0494. The van der Waals surface area contributed by atoms with Gasteiger partial charge in [0.2, 0.25) is 0 Å². The molecule has 0 aliphatic carbocycles. The number of alkyl halides is 3. The number of imidazole rings is 1. The predicted molar refractivity (Wildman–Crippen MR) is 92.0 cm³/mol. The number of nitrogens with one attached hydrogen (secondary N) is 1. The van der Waals surface area contributed by atoms with Gasteiger partial charge in [-0.3, -0.25) is 0 Å². The number of aromatic nitrogens is 2. The molecule has 0 fully saturated rings. The molecule has 0 aromatic carbocycles. The molecular weight excluding hydrogens is 361 g/mol. The molecule has 130 valence electrons. The minimum Gasteiger partial charge on any atom is -0.328 e. The van der Waals surface area contributed by atoms with Crippen molar-refractivity contribution < 1.29 is 13.2 Å². The smallest absolute Gasteiger partial charge is 0.328 e. The Balaban J connectivity index is 2.24. The van der Waals surface area contributed by atoms with Crippen LogP contribution in [-0.4, -0.2) is 20.4 Å². The highest BCUT2D eigenvalue weighted by molar-refractivity contribution is 7.83. The van der Waals surface area contributed by atoms with Crippen LogP contribution in [0.4, 0.5) is 13.2 Å². The van der Waals surface area contributed by atoms with E-state index in [1.54, 1.807) is 12.3 Å². The van der Waals surface area contributed by atoms with Crippen molar-refractivity contribution in [2.24, 2.45) is 4.99 Å². The van der Waals surface area contributed by atoms with Gasteiger partial charge in [-0.2, -0.15) is 25.8 Å². The van der Waals surface area contributed by atoms with Gasteiger partial charge in [-0.05, 0) is 17.4 Å². The van der Waals surface area contributed by atoms with Crippen LogP contribution >= 0.6 is 24.2 Å². The van der Waals surface area contributed by atoms with E-state index in [0.29, 0.717) is 24.4 Å². The van der Waals surface area contributed by atoms with E-state index in [2.05, 4.69) is 22.6 Å². The molecule has 1 aromatic rings. The molecule has 1 aliphatic heterocycles. The lowest BCUT2D eigenvalue weighted by Crippen LogP contribution is -2.12. The molecule has 0 amide bonds. The summed E-state index contributed by atoms with van der Waals surface area (Å²) < 4.78 is 40.2. The standard InChI is InChI=1S/C15H16ClF3N4S/c16-13-4-3-10(7-21-13)6-14-22-12(15(17,18)19)9-23(14)8-11(20)2-1-5-24/h1,5,7,9,20,24H,2-4,6,8H2/b5-1-,20-11?. The van der Waals surface area contributed by atoms with Crippen molar-refractivity contribution in [1.29, 1.82) is 5.41 Å². The van der Waals surface area contributed by atoms with Crippen LogP contribution in [0.3, 0.4) is 0 Å². The molecular formula is C15H16ClF3N4S. The summed E-state index contributed by atoms with van der Waals surface area (Å²) in [5.41, 5.74) is 0.182. The Labute approximate surface area is 148 Å². The molecule has 2 heterocycles. The first-order valence-corrected chi connectivity index (χ1v) is 8.08. The van der Waals surface area contributed by atoms with Gasteiger partial charge in [-0.25, -0.2) is 9.98 Å². The molecule has 0 saturated heterocycles. The van der Waals surface area contributed by atoms with Gasteiger partial charge in [0.05, 0.1) is 6.54 Å². The van der Waals surface area contributed by atoms with Gasteiger partial charge in [0.25, 0.3) is 0 Å². The van der Waals surface area contributed by atoms with Crippen LogP contribution in [0.25, 0.3) is 0 Å². The molecule has 0 saturated carbocycles. The number of thiol groups is 1. The lowest BCUT2D eigenvalue weighted by Gasteiger charge is -2.12. The fraction of sp³-hybridized carbons (Fsp3) is 0.400. The van der Waals surface area contributed by atoms with Crippen molar-refractivity contribution in [3.8, 4) is 0 Å². The molecule has 9 heteroatoms. The largest absolute Gasteiger partial charge is 0.434 e. The zero-order chi connectivity index (χ0) is 17.7. The third-order valence-corrected chi connectivity index (χ3v) is 3.90. The van der Waals surface area contributed by atoms with E-state index in [4.69, 9.17) is 17.0 Å². The van der Waals surface area contributed by atoms with Gasteiger partial charge in [0.15, 0.2) is 5.69 Å². The van der Waals surface area contributed by atoms with Crippen molar-refractivity contribution >= 4 is 35.1 Å². The average Bonchev–Trinajstić information content (AvgIpc) is 2.90. The van der Waals surface area contributed by atoms with E-state index < -0.39 is 11.9 Å². The van der Waals surface area contributed by atoms with E-state index in [1.807, 2.05) is 0 Å². The van der Waals surface area contributed by atoms with Crippen LogP contribution in [0.2, 0.25) is 0 Å². The maximum absolute atomic E-state index is 12.9. The van der Waals surface area contributed by atoms with Crippen LogP contribution in [-0.2, 0) is 19.1 Å². The molecule has 0 spiro atoms. The van der Waals surface area contributed by atoms with E-state index in [9.17, 15) is 13.2 Å². The first-order valence-electron chi connectivity index (χ1n) is 7.18. The van der Waals surface area contributed by atoms with Gasteiger partial charge in [0.1, 0.15) is 11.0 Å². The Morgan fingerprint density at radius 3 is 2.75 bits per heavy atom. The Morgan fingerprint density at radius 1 is 1.42 bits per heavy atom. The fourth-order valence-electron chi connectivity index (χ4n) is 2.23. The van der Waals surface area contributed by atoms with E-state index in [-0.39, 0.29) is 24.5 Å². The molecule has 0 bridgehead atoms. The van der Waals surface area contributed by atoms with Gasteiger partial charge in [-0.15, -0.1) is 0 Å². The minimum atomic E-state index is -4.52. The highest BCUT2D eigenvalue weighted by Gasteiger charge is 2.34. The third kappa shape index (κ3) is 5.24. The number of nitrogens with zero attached hydrogens (tertiary/aromatic N) is 3. The quantitative estimate of drug-likeness (QED) is 0.552.